The first-order chi connectivity index (χ1) is 8.81. The van der Waals surface area contributed by atoms with E-state index in [1.807, 2.05) is 5.38 Å². The van der Waals surface area contributed by atoms with Crippen LogP contribution in [-0.2, 0) is 4.74 Å². The van der Waals surface area contributed by atoms with Crippen molar-refractivity contribution in [2.24, 2.45) is 0 Å². The van der Waals surface area contributed by atoms with Crippen molar-refractivity contribution in [2.75, 3.05) is 19.0 Å². The molecular weight excluding hydrogens is 252 g/mol. The number of hydrogen-bond donors (Lipinski definition) is 1. The maximum Gasteiger partial charge on any atom is 0.362 e. The molecule has 0 radical (unpaired) electrons. The summed E-state index contributed by atoms with van der Waals surface area (Å²) in [5.74, 6) is 0.180. The summed E-state index contributed by atoms with van der Waals surface area (Å²) < 4.78 is 6.46. The smallest absolute Gasteiger partial charge is 0.362 e. The number of anilines is 1. The summed E-state index contributed by atoms with van der Waals surface area (Å²) in [5.41, 5.74) is 1.45. The Bertz CT molecular complexity index is 564. The highest BCUT2D eigenvalue weighted by Crippen LogP contribution is 2.31. The van der Waals surface area contributed by atoms with Crippen molar-refractivity contribution in [3.05, 3.63) is 28.1 Å². The van der Waals surface area contributed by atoms with Crippen molar-refractivity contribution in [3.63, 3.8) is 0 Å². The Balaban J connectivity index is 2.02. The van der Waals surface area contributed by atoms with E-state index in [0.717, 1.165) is 13.0 Å². The van der Waals surface area contributed by atoms with E-state index in [9.17, 15) is 4.79 Å². The van der Waals surface area contributed by atoms with Crippen LogP contribution >= 0.6 is 11.3 Å². The lowest BCUT2D eigenvalue weighted by Crippen LogP contribution is -2.25. The SMILES string of the molecule is COC(=O)c1nnn2c1NCCC2c1ccsc1. The summed E-state index contributed by atoms with van der Waals surface area (Å²) in [5, 5.41) is 15.3. The standard InChI is InChI=1S/C11H12N4O2S/c1-17-11(16)9-10-12-4-2-8(15(10)14-13-9)7-3-5-18-6-7/h3,5-6,8,12H,2,4H2,1H3. The van der Waals surface area contributed by atoms with Crippen LogP contribution in [0.1, 0.15) is 28.5 Å². The number of thiophene rings is 1. The van der Waals surface area contributed by atoms with Crippen LogP contribution in [0.5, 0.6) is 0 Å². The molecule has 0 aliphatic carbocycles. The third-order valence-corrected chi connectivity index (χ3v) is 3.71. The van der Waals surface area contributed by atoms with Crippen molar-refractivity contribution in [3.8, 4) is 0 Å². The summed E-state index contributed by atoms with van der Waals surface area (Å²) in [6.07, 6.45) is 0.924. The second-order valence-corrected chi connectivity index (χ2v) is 4.79. The predicted molar refractivity (Wildman–Crippen MR) is 66.9 cm³/mol. The number of carbonyl (C=O) groups excluding carboxylic acids is 1. The molecule has 1 aliphatic heterocycles. The lowest BCUT2D eigenvalue weighted by molar-refractivity contribution is 0.0595. The highest BCUT2D eigenvalue weighted by Gasteiger charge is 2.28. The number of rotatable bonds is 2. The van der Waals surface area contributed by atoms with Gasteiger partial charge < -0.3 is 10.1 Å². The Morgan fingerprint density at radius 3 is 3.28 bits per heavy atom. The highest BCUT2D eigenvalue weighted by molar-refractivity contribution is 7.07. The van der Waals surface area contributed by atoms with Gasteiger partial charge in [0.15, 0.2) is 5.82 Å². The van der Waals surface area contributed by atoms with Gasteiger partial charge in [-0.3, -0.25) is 0 Å². The van der Waals surface area contributed by atoms with E-state index in [4.69, 9.17) is 4.74 Å². The Morgan fingerprint density at radius 2 is 2.56 bits per heavy atom. The Morgan fingerprint density at radius 1 is 1.67 bits per heavy atom. The summed E-state index contributed by atoms with van der Waals surface area (Å²) in [7, 11) is 1.34. The summed E-state index contributed by atoms with van der Waals surface area (Å²) in [4.78, 5) is 11.6. The molecule has 1 atom stereocenters. The van der Waals surface area contributed by atoms with Gasteiger partial charge in [0.25, 0.3) is 0 Å². The molecule has 0 saturated heterocycles. The monoisotopic (exact) mass is 264 g/mol. The number of nitrogens with zero attached hydrogens (tertiary/aromatic N) is 3. The molecule has 6 nitrogen and oxygen atoms in total. The maximum absolute atomic E-state index is 11.6. The average molecular weight is 264 g/mol. The number of methoxy groups -OCH3 is 1. The number of ether oxygens (including phenoxy) is 1. The van der Waals surface area contributed by atoms with E-state index in [2.05, 4.69) is 27.1 Å². The molecule has 0 amide bonds. The fourth-order valence-electron chi connectivity index (χ4n) is 2.13. The fraction of sp³-hybridized carbons (Fsp3) is 0.364. The Hall–Kier alpha value is -1.89. The van der Waals surface area contributed by atoms with Crippen LogP contribution in [0.2, 0.25) is 0 Å². The molecule has 1 N–H and O–H groups in total. The van der Waals surface area contributed by atoms with Gasteiger partial charge in [0.2, 0.25) is 5.69 Å². The van der Waals surface area contributed by atoms with Gasteiger partial charge in [-0.1, -0.05) is 5.21 Å². The quantitative estimate of drug-likeness (QED) is 0.833. The van der Waals surface area contributed by atoms with Crippen LogP contribution in [0.15, 0.2) is 16.8 Å². The number of esters is 1. The Kier molecular flexibility index (Phi) is 2.75. The van der Waals surface area contributed by atoms with Crippen molar-refractivity contribution < 1.29 is 9.53 Å². The topological polar surface area (TPSA) is 69.0 Å². The van der Waals surface area contributed by atoms with Crippen molar-refractivity contribution in [2.45, 2.75) is 12.5 Å². The number of nitrogens with one attached hydrogen (secondary N) is 1. The van der Waals surface area contributed by atoms with Gasteiger partial charge in [-0.15, -0.1) is 5.10 Å². The maximum atomic E-state index is 11.6. The zero-order valence-corrected chi connectivity index (χ0v) is 10.6. The zero-order valence-electron chi connectivity index (χ0n) is 9.79. The van der Waals surface area contributed by atoms with E-state index >= 15 is 0 Å². The largest absolute Gasteiger partial charge is 0.464 e. The van der Waals surface area contributed by atoms with Crippen LogP contribution in [0, 0.1) is 0 Å². The Labute approximate surface area is 108 Å². The molecular formula is C11H12N4O2S. The van der Waals surface area contributed by atoms with Crippen LogP contribution in [0.3, 0.4) is 0 Å². The number of aromatic nitrogens is 3. The molecule has 2 aromatic heterocycles. The van der Waals surface area contributed by atoms with Crippen molar-refractivity contribution in [1.29, 1.82) is 0 Å². The first-order valence-electron chi connectivity index (χ1n) is 5.60. The average Bonchev–Trinajstić information content (AvgIpc) is 3.06. The second kappa shape index (κ2) is 4.41. The minimum atomic E-state index is -0.463. The van der Waals surface area contributed by atoms with E-state index in [-0.39, 0.29) is 11.7 Å². The van der Waals surface area contributed by atoms with Crippen molar-refractivity contribution in [1.82, 2.24) is 15.0 Å². The molecule has 0 bridgehead atoms. The third-order valence-electron chi connectivity index (χ3n) is 3.01. The normalized spacial score (nSPS) is 17.9. The van der Waals surface area contributed by atoms with Gasteiger partial charge in [-0.25, -0.2) is 9.48 Å². The molecule has 0 aromatic carbocycles. The van der Waals surface area contributed by atoms with E-state index in [0.29, 0.717) is 5.82 Å². The van der Waals surface area contributed by atoms with Gasteiger partial charge in [-0.05, 0) is 28.8 Å². The van der Waals surface area contributed by atoms with Crippen LogP contribution in [0.4, 0.5) is 5.82 Å². The van der Waals surface area contributed by atoms with E-state index in [1.165, 1.54) is 12.7 Å². The zero-order chi connectivity index (χ0) is 12.5. The lowest BCUT2D eigenvalue weighted by atomic mass is 10.1. The molecule has 0 fully saturated rings. The van der Waals surface area contributed by atoms with Crippen LogP contribution in [0.25, 0.3) is 0 Å². The van der Waals surface area contributed by atoms with Gasteiger partial charge in [0, 0.05) is 6.54 Å². The molecule has 3 rings (SSSR count). The fourth-order valence-corrected chi connectivity index (χ4v) is 2.84. The molecule has 0 spiro atoms. The molecule has 7 heteroatoms. The van der Waals surface area contributed by atoms with Crippen molar-refractivity contribution >= 4 is 23.1 Å². The first kappa shape index (κ1) is 11.2. The summed E-state index contributed by atoms with van der Waals surface area (Å²) >= 11 is 1.65. The van der Waals surface area contributed by atoms with E-state index < -0.39 is 5.97 Å². The summed E-state index contributed by atoms with van der Waals surface area (Å²) in [6, 6.07) is 2.21. The molecule has 1 aliphatic rings. The van der Waals surface area contributed by atoms with Crippen LogP contribution in [-0.4, -0.2) is 34.6 Å². The van der Waals surface area contributed by atoms with Crippen LogP contribution < -0.4 is 5.32 Å². The number of carbonyl (C=O) groups is 1. The predicted octanol–water partition coefficient (Wildman–Crippen LogP) is 1.53. The first-order valence-corrected chi connectivity index (χ1v) is 6.55. The summed E-state index contributed by atoms with van der Waals surface area (Å²) in [6.45, 7) is 0.790. The van der Waals surface area contributed by atoms with E-state index in [1.54, 1.807) is 16.0 Å². The minimum absolute atomic E-state index is 0.137. The highest BCUT2D eigenvalue weighted by atomic mass is 32.1. The number of fused-ring (bicyclic) bond motifs is 1. The van der Waals surface area contributed by atoms with Gasteiger partial charge in [0.05, 0.1) is 13.2 Å². The lowest BCUT2D eigenvalue weighted by Gasteiger charge is -2.24. The van der Waals surface area contributed by atoms with Gasteiger partial charge >= 0.3 is 5.97 Å². The van der Waals surface area contributed by atoms with Gasteiger partial charge in [0.1, 0.15) is 0 Å². The molecule has 0 saturated carbocycles. The minimum Gasteiger partial charge on any atom is -0.464 e. The number of hydrogen-bond acceptors (Lipinski definition) is 6. The molecule has 18 heavy (non-hydrogen) atoms. The molecule has 2 aromatic rings. The molecule has 1 unspecified atom stereocenters. The van der Waals surface area contributed by atoms with Gasteiger partial charge in [-0.2, -0.15) is 11.3 Å². The third kappa shape index (κ3) is 1.67. The molecule has 94 valence electrons. The second-order valence-electron chi connectivity index (χ2n) is 4.01. The molecule has 3 heterocycles.